The van der Waals surface area contributed by atoms with Gasteiger partial charge in [-0.3, -0.25) is 13.8 Å². The first kappa shape index (κ1) is 63.8. The highest BCUT2D eigenvalue weighted by Crippen LogP contribution is 2.47. The number of carbonyl (C=O) groups is 1. The Morgan fingerprint density at radius 2 is 0.836 bits per heavy atom. The van der Waals surface area contributed by atoms with Crippen LogP contribution in [-0.2, 0) is 27.9 Å². The molecule has 1 rings (SSSR count). The maximum absolute atomic E-state index is 12.9. The molecule has 0 aromatic carbocycles. The van der Waals surface area contributed by atoms with E-state index in [9.17, 15) is 39.8 Å². The van der Waals surface area contributed by atoms with Crippen LogP contribution < -0.4 is 0 Å². The Hall–Kier alpha value is -1.18. The number of phosphoric ester groups is 1. The molecule has 0 aliphatic heterocycles. The van der Waals surface area contributed by atoms with Crippen molar-refractivity contribution in [2.45, 2.75) is 294 Å². The molecular weight excluding hydrogens is 872 g/mol. The number of esters is 1. The van der Waals surface area contributed by atoms with Gasteiger partial charge >= 0.3 is 13.8 Å². The summed E-state index contributed by atoms with van der Waals surface area (Å²) >= 11 is 0. The molecule has 67 heavy (non-hydrogen) atoms. The second kappa shape index (κ2) is 44.7. The zero-order chi connectivity index (χ0) is 49.1. The third kappa shape index (κ3) is 36.4. The Bertz CT molecular complexity index is 1200. The summed E-state index contributed by atoms with van der Waals surface area (Å²) in [5.74, 6) is -0.473. The Kier molecular flexibility index (Phi) is 42.6. The van der Waals surface area contributed by atoms with Crippen molar-refractivity contribution in [2.24, 2.45) is 0 Å². The Morgan fingerprint density at radius 3 is 1.25 bits per heavy atom. The van der Waals surface area contributed by atoms with E-state index < -0.39 is 63.1 Å². The maximum Gasteiger partial charge on any atom is 0.472 e. The highest BCUT2D eigenvalue weighted by molar-refractivity contribution is 7.47. The molecule has 1 aliphatic carbocycles. The normalized spacial score (nSPS) is 21.4. The van der Waals surface area contributed by atoms with E-state index in [1.54, 1.807) is 0 Å². The number of carbonyl (C=O) groups excluding carboxylic acids is 1. The number of aliphatic hydroxyl groups is 5. The van der Waals surface area contributed by atoms with E-state index in [1.165, 1.54) is 180 Å². The molecule has 1 saturated carbocycles. The summed E-state index contributed by atoms with van der Waals surface area (Å²) in [5, 5.41) is 50.4. The van der Waals surface area contributed by atoms with Gasteiger partial charge in [0.15, 0.2) is 0 Å². The number of ether oxygens (including phenoxy) is 2. The van der Waals surface area contributed by atoms with Gasteiger partial charge in [-0.05, 0) is 44.9 Å². The van der Waals surface area contributed by atoms with Gasteiger partial charge in [0.25, 0.3) is 0 Å². The molecule has 1 aliphatic rings. The van der Waals surface area contributed by atoms with Gasteiger partial charge in [-0.2, -0.15) is 0 Å². The molecule has 6 N–H and O–H groups in total. The van der Waals surface area contributed by atoms with Crippen LogP contribution in [0.5, 0.6) is 0 Å². The van der Waals surface area contributed by atoms with E-state index in [2.05, 4.69) is 38.2 Å². The van der Waals surface area contributed by atoms with E-state index in [1.807, 2.05) is 0 Å². The number of aliphatic hydroxyl groups excluding tert-OH is 5. The fourth-order valence-electron chi connectivity index (χ4n) is 8.68. The van der Waals surface area contributed by atoms with Crippen molar-refractivity contribution in [3.05, 3.63) is 24.3 Å². The maximum atomic E-state index is 12.9. The molecule has 0 heterocycles. The van der Waals surface area contributed by atoms with Gasteiger partial charge in [-0.25, -0.2) is 4.57 Å². The van der Waals surface area contributed by atoms with Gasteiger partial charge < -0.3 is 39.9 Å². The number of rotatable bonds is 48. The Balaban J connectivity index is 2.30. The van der Waals surface area contributed by atoms with Gasteiger partial charge in [0.2, 0.25) is 0 Å². The first-order chi connectivity index (χ1) is 32.5. The predicted molar refractivity (Wildman–Crippen MR) is 272 cm³/mol. The lowest BCUT2D eigenvalue weighted by Crippen LogP contribution is -2.64. The predicted octanol–water partition coefficient (Wildman–Crippen LogP) is 12.8. The fourth-order valence-corrected chi connectivity index (χ4v) is 9.66. The summed E-state index contributed by atoms with van der Waals surface area (Å²) in [6.45, 7) is 4.29. The standard InChI is InChI=1S/C54H103O12P/c1-3-5-7-9-11-13-15-17-19-21-23-24-25-26-28-30-32-34-36-38-40-42-44-63-45-47(46-64-67(61,62)66-54-52(59)50(57)49(56)51(58)53(54)60)65-48(55)43-41-39-37-35-33-31-29-27-22-20-18-16-14-12-10-8-6-4-2/h15,17,21,23,47,49-54,56-60H,3-14,16,18-20,22,24-46H2,1-2H3,(H,61,62)/b17-15-,23-21-. The molecule has 12 nitrogen and oxygen atoms in total. The lowest BCUT2D eigenvalue weighted by Gasteiger charge is -2.41. The second-order valence-corrected chi connectivity index (χ2v) is 20.8. The van der Waals surface area contributed by atoms with Crippen LogP contribution >= 0.6 is 7.82 Å². The molecule has 396 valence electrons. The van der Waals surface area contributed by atoms with E-state index in [4.69, 9.17) is 18.5 Å². The van der Waals surface area contributed by atoms with Crippen LogP contribution in [-0.4, -0.2) is 98.9 Å². The summed E-state index contributed by atoms with van der Waals surface area (Å²) in [6, 6.07) is 0. The highest BCUT2D eigenvalue weighted by atomic mass is 31.2. The third-order valence-corrected chi connectivity index (χ3v) is 14.1. The summed E-state index contributed by atoms with van der Waals surface area (Å²) in [6.07, 6.45) is 41.0. The monoisotopic (exact) mass is 975 g/mol. The van der Waals surface area contributed by atoms with Crippen molar-refractivity contribution < 1.29 is 58.3 Å². The quantitative estimate of drug-likeness (QED) is 0.0147. The van der Waals surface area contributed by atoms with Crippen LogP contribution in [0.1, 0.15) is 251 Å². The fraction of sp³-hybridized carbons (Fsp3) is 0.907. The number of allylic oxidation sites excluding steroid dienone is 4. The molecule has 0 amide bonds. The van der Waals surface area contributed by atoms with Gasteiger partial charge in [-0.1, -0.05) is 224 Å². The smallest absolute Gasteiger partial charge is 0.457 e. The zero-order valence-electron chi connectivity index (χ0n) is 42.7. The van der Waals surface area contributed by atoms with Crippen LogP contribution in [0.15, 0.2) is 24.3 Å². The SMILES string of the molecule is CCCCCCC/C=C\C/C=C\CCCCCCCCCCCCOCC(COP(=O)(O)OC1C(O)C(O)C(O)C(O)C1O)OC(=O)CCCCCCCCCCCCCCCCCCCC. The molecule has 0 aromatic heterocycles. The molecule has 0 radical (unpaired) electrons. The van der Waals surface area contributed by atoms with Crippen LogP contribution in [0.4, 0.5) is 0 Å². The van der Waals surface area contributed by atoms with Crippen molar-refractivity contribution in [3.63, 3.8) is 0 Å². The van der Waals surface area contributed by atoms with Gasteiger partial charge in [0.1, 0.15) is 42.7 Å². The molecule has 13 heteroatoms. The summed E-state index contributed by atoms with van der Waals surface area (Å²) < 4.78 is 34.4. The minimum atomic E-state index is -5.02. The molecular formula is C54H103O12P. The molecule has 6 unspecified atom stereocenters. The first-order valence-corrected chi connectivity index (χ1v) is 29.2. The van der Waals surface area contributed by atoms with Crippen molar-refractivity contribution in [1.29, 1.82) is 0 Å². The highest BCUT2D eigenvalue weighted by Gasteiger charge is 2.51. The average molecular weight is 975 g/mol. The number of phosphoric acid groups is 1. The first-order valence-electron chi connectivity index (χ1n) is 27.7. The number of hydrogen-bond acceptors (Lipinski definition) is 11. The van der Waals surface area contributed by atoms with Crippen LogP contribution in [0.3, 0.4) is 0 Å². The third-order valence-electron chi connectivity index (χ3n) is 13.1. The number of unbranched alkanes of at least 4 members (excludes halogenated alkanes) is 32. The minimum absolute atomic E-state index is 0.0741. The number of hydrogen-bond donors (Lipinski definition) is 6. The van der Waals surface area contributed by atoms with Crippen LogP contribution in [0, 0.1) is 0 Å². The molecule has 0 saturated heterocycles. The van der Waals surface area contributed by atoms with Crippen molar-refractivity contribution >= 4 is 13.8 Å². The summed E-state index contributed by atoms with van der Waals surface area (Å²) in [7, 11) is -5.02. The molecule has 1 fully saturated rings. The van der Waals surface area contributed by atoms with Crippen molar-refractivity contribution in [1.82, 2.24) is 0 Å². The van der Waals surface area contributed by atoms with Crippen molar-refractivity contribution in [2.75, 3.05) is 19.8 Å². The van der Waals surface area contributed by atoms with E-state index in [0.717, 1.165) is 44.9 Å². The molecule has 6 atom stereocenters. The Morgan fingerprint density at radius 1 is 0.478 bits per heavy atom. The molecule has 0 aromatic rings. The Labute approximate surface area is 409 Å². The van der Waals surface area contributed by atoms with Gasteiger partial charge in [0, 0.05) is 13.0 Å². The van der Waals surface area contributed by atoms with Gasteiger partial charge in [0.05, 0.1) is 13.2 Å². The second-order valence-electron chi connectivity index (χ2n) is 19.4. The zero-order valence-corrected chi connectivity index (χ0v) is 43.6. The van der Waals surface area contributed by atoms with E-state index >= 15 is 0 Å². The van der Waals surface area contributed by atoms with Crippen molar-refractivity contribution in [3.8, 4) is 0 Å². The van der Waals surface area contributed by atoms with Gasteiger partial charge in [-0.15, -0.1) is 0 Å². The average Bonchev–Trinajstić information content (AvgIpc) is 3.31. The molecule has 0 bridgehead atoms. The van der Waals surface area contributed by atoms with Crippen LogP contribution in [0.2, 0.25) is 0 Å². The lowest BCUT2D eigenvalue weighted by atomic mass is 9.85. The van der Waals surface area contributed by atoms with Crippen LogP contribution in [0.25, 0.3) is 0 Å². The largest absolute Gasteiger partial charge is 0.472 e. The molecule has 0 spiro atoms. The van der Waals surface area contributed by atoms with E-state index in [-0.39, 0.29) is 13.0 Å². The topological polar surface area (TPSA) is 192 Å². The summed E-state index contributed by atoms with van der Waals surface area (Å²) in [4.78, 5) is 23.3. The summed E-state index contributed by atoms with van der Waals surface area (Å²) in [5.41, 5.74) is 0. The van der Waals surface area contributed by atoms with E-state index in [0.29, 0.717) is 13.0 Å². The lowest BCUT2D eigenvalue weighted by molar-refractivity contribution is -0.220. The minimum Gasteiger partial charge on any atom is -0.457 e.